The van der Waals surface area contributed by atoms with Crippen molar-refractivity contribution in [3.63, 3.8) is 0 Å². The number of fused-ring (bicyclic) bond motifs is 1. The van der Waals surface area contributed by atoms with Crippen LogP contribution in [0.15, 0.2) is 30.6 Å². The predicted molar refractivity (Wildman–Crippen MR) is 72.0 cm³/mol. The van der Waals surface area contributed by atoms with Crippen LogP contribution in [0.25, 0.3) is 0 Å². The zero-order valence-electron chi connectivity index (χ0n) is 11.0. The van der Waals surface area contributed by atoms with Gasteiger partial charge < -0.3 is 0 Å². The van der Waals surface area contributed by atoms with E-state index < -0.39 is 0 Å². The number of carbonyl (C=O) groups is 1. The van der Waals surface area contributed by atoms with Gasteiger partial charge in [-0.2, -0.15) is 5.10 Å². The standard InChI is InChI=1S/C15H17N3O/c1-2-7-18-14(16-10-17-18)9-12-8-11-5-3-4-6-13(11)15(12)19/h3-6,10,12H,2,7-9H2,1H3. The highest BCUT2D eigenvalue weighted by Crippen LogP contribution is 2.28. The maximum Gasteiger partial charge on any atom is 0.167 e. The molecule has 2 aromatic rings. The smallest absolute Gasteiger partial charge is 0.167 e. The summed E-state index contributed by atoms with van der Waals surface area (Å²) in [5, 5.41) is 4.22. The summed E-state index contributed by atoms with van der Waals surface area (Å²) < 4.78 is 1.91. The number of nitrogens with zero attached hydrogens (tertiary/aromatic N) is 3. The van der Waals surface area contributed by atoms with Crippen molar-refractivity contribution in [3.05, 3.63) is 47.5 Å². The number of aromatic nitrogens is 3. The van der Waals surface area contributed by atoms with Crippen LogP contribution in [0, 0.1) is 5.92 Å². The van der Waals surface area contributed by atoms with Crippen LogP contribution in [0.4, 0.5) is 0 Å². The van der Waals surface area contributed by atoms with E-state index in [9.17, 15) is 4.79 Å². The average Bonchev–Trinajstić information content (AvgIpc) is 2.98. The van der Waals surface area contributed by atoms with Crippen LogP contribution >= 0.6 is 0 Å². The Hall–Kier alpha value is -1.97. The highest BCUT2D eigenvalue weighted by Gasteiger charge is 2.31. The lowest BCUT2D eigenvalue weighted by atomic mass is 10.0. The number of ketones is 1. The van der Waals surface area contributed by atoms with Gasteiger partial charge in [0.25, 0.3) is 0 Å². The van der Waals surface area contributed by atoms with Crippen LogP contribution in [0.1, 0.15) is 35.1 Å². The zero-order chi connectivity index (χ0) is 13.2. The summed E-state index contributed by atoms with van der Waals surface area (Å²) >= 11 is 0. The van der Waals surface area contributed by atoms with Gasteiger partial charge in [-0.3, -0.25) is 9.48 Å². The topological polar surface area (TPSA) is 47.8 Å². The van der Waals surface area contributed by atoms with Gasteiger partial charge in [0.2, 0.25) is 0 Å². The molecule has 1 aromatic carbocycles. The lowest BCUT2D eigenvalue weighted by molar-refractivity contribution is 0.0934. The van der Waals surface area contributed by atoms with Crippen molar-refractivity contribution in [1.29, 1.82) is 0 Å². The lowest BCUT2D eigenvalue weighted by Gasteiger charge is -2.08. The molecule has 0 radical (unpaired) electrons. The van der Waals surface area contributed by atoms with Gasteiger partial charge in [-0.15, -0.1) is 0 Å². The normalized spacial score (nSPS) is 17.7. The molecule has 98 valence electrons. The van der Waals surface area contributed by atoms with Crippen molar-refractivity contribution in [1.82, 2.24) is 14.8 Å². The zero-order valence-corrected chi connectivity index (χ0v) is 11.0. The molecule has 1 atom stereocenters. The largest absolute Gasteiger partial charge is 0.294 e. The molecule has 1 aliphatic rings. The Balaban J connectivity index is 1.79. The highest BCUT2D eigenvalue weighted by molar-refractivity contribution is 6.02. The molecule has 0 saturated carbocycles. The van der Waals surface area contributed by atoms with E-state index in [4.69, 9.17) is 0 Å². The van der Waals surface area contributed by atoms with Crippen molar-refractivity contribution >= 4 is 5.78 Å². The summed E-state index contributed by atoms with van der Waals surface area (Å²) in [4.78, 5) is 16.6. The Morgan fingerprint density at radius 2 is 2.21 bits per heavy atom. The fraction of sp³-hybridized carbons (Fsp3) is 0.400. The van der Waals surface area contributed by atoms with E-state index in [2.05, 4.69) is 17.0 Å². The molecule has 0 bridgehead atoms. The molecule has 19 heavy (non-hydrogen) atoms. The van der Waals surface area contributed by atoms with Gasteiger partial charge in [0.15, 0.2) is 5.78 Å². The minimum atomic E-state index is 0.0252. The number of hydrogen-bond acceptors (Lipinski definition) is 3. The number of Topliss-reactive ketones (excluding diaryl/α,β-unsaturated/α-hetero) is 1. The number of carbonyl (C=O) groups excluding carboxylic acids is 1. The number of hydrogen-bond donors (Lipinski definition) is 0. The second kappa shape index (κ2) is 4.96. The SMILES string of the molecule is CCCn1ncnc1CC1Cc2ccccc2C1=O. The molecular formula is C15H17N3O. The van der Waals surface area contributed by atoms with Crippen molar-refractivity contribution in [2.45, 2.75) is 32.7 Å². The third-order valence-corrected chi connectivity index (χ3v) is 3.68. The molecule has 4 heteroatoms. The van der Waals surface area contributed by atoms with Crippen LogP contribution in [0.2, 0.25) is 0 Å². The van der Waals surface area contributed by atoms with E-state index in [0.717, 1.165) is 30.8 Å². The molecule has 0 N–H and O–H groups in total. The quantitative estimate of drug-likeness (QED) is 0.842. The molecule has 1 aromatic heterocycles. The van der Waals surface area contributed by atoms with Gasteiger partial charge in [0, 0.05) is 24.4 Å². The molecule has 3 rings (SSSR count). The Labute approximate surface area is 112 Å². The number of benzene rings is 1. The van der Waals surface area contributed by atoms with E-state index in [1.807, 2.05) is 28.9 Å². The molecular weight excluding hydrogens is 238 g/mol. The van der Waals surface area contributed by atoms with Gasteiger partial charge in [0.05, 0.1) is 0 Å². The first kappa shape index (κ1) is 12.1. The fourth-order valence-electron chi connectivity index (χ4n) is 2.75. The molecule has 1 aliphatic carbocycles. The number of aryl methyl sites for hydroxylation is 1. The summed E-state index contributed by atoms with van der Waals surface area (Å²) in [6.07, 6.45) is 4.12. The molecule has 0 amide bonds. The van der Waals surface area contributed by atoms with Crippen LogP contribution in [-0.2, 0) is 19.4 Å². The minimum absolute atomic E-state index is 0.0252. The summed E-state index contributed by atoms with van der Waals surface area (Å²) in [7, 11) is 0. The Kier molecular flexibility index (Phi) is 3.15. The van der Waals surface area contributed by atoms with E-state index in [1.54, 1.807) is 6.33 Å². The third kappa shape index (κ3) is 2.18. The van der Waals surface area contributed by atoms with Gasteiger partial charge in [-0.25, -0.2) is 4.98 Å². The maximum atomic E-state index is 12.3. The van der Waals surface area contributed by atoms with Crippen LogP contribution < -0.4 is 0 Å². The van der Waals surface area contributed by atoms with Gasteiger partial charge in [0.1, 0.15) is 12.2 Å². The molecule has 0 saturated heterocycles. The van der Waals surface area contributed by atoms with Crippen LogP contribution in [-0.4, -0.2) is 20.5 Å². The van der Waals surface area contributed by atoms with Gasteiger partial charge in [-0.05, 0) is 18.4 Å². The maximum absolute atomic E-state index is 12.3. The molecule has 0 aliphatic heterocycles. The first-order valence-electron chi connectivity index (χ1n) is 6.78. The van der Waals surface area contributed by atoms with Crippen molar-refractivity contribution in [2.24, 2.45) is 5.92 Å². The lowest BCUT2D eigenvalue weighted by Crippen LogP contribution is -2.16. The van der Waals surface area contributed by atoms with Crippen LogP contribution in [0.5, 0.6) is 0 Å². The second-order valence-electron chi connectivity index (χ2n) is 5.03. The monoisotopic (exact) mass is 255 g/mol. The van der Waals surface area contributed by atoms with Crippen molar-refractivity contribution < 1.29 is 4.79 Å². The molecule has 0 spiro atoms. The fourth-order valence-corrected chi connectivity index (χ4v) is 2.75. The highest BCUT2D eigenvalue weighted by atomic mass is 16.1. The van der Waals surface area contributed by atoms with Gasteiger partial charge in [-0.1, -0.05) is 31.2 Å². The van der Waals surface area contributed by atoms with Crippen molar-refractivity contribution in [2.75, 3.05) is 0 Å². The predicted octanol–water partition coefficient (Wildman–Crippen LogP) is 2.29. The third-order valence-electron chi connectivity index (χ3n) is 3.68. The first-order chi connectivity index (χ1) is 9.29. The molecule has 0 fully saturated rings. The first-order valence-corrected chi connectivity index (χ1v) is 6.78. The van der Waals surface area contributed by atoms with E-state index in [1.165, 1.54) is 5.56 Å². The Morgan fingerprint density at radius 1 is 1.37 bits per heavy atom. The summed E-state index contributed by atoms with van der Waals surface area (Å²) in [6, 6.07) is 7.89. The number of rotatable bonds is 4. The van der Waals surface area contributed by atoms with Gasteiger partial charge >= 0.3 is 0 Å². The van der Waals surface area contributed by atoms with E-state index >= 15 is 0 Å². The molecule has 1 heterocycles. The molecule has 4 nitrogen and oxygen atoms in total. The van der Waals surface area contributed by atoms with Crippen LogP contribution in [0.3, 0.4) is 0 Å². The summed E-state index contributed by atoms with van der Waals surface area (Å²) in [5.41, 5.74) is 2.05. The summed E-state index contributed by atoms with van der Waals surface area (Å²) in [5.74, 6) is 1.20. The van der Waals surface area contributed by atoms with E-state index in [0.29, 0.717) is 6.42 Å². The average molecular weight is 255 g/mol. The second-order valence-corrected chi connectivity index (χ2v) is 5.03. The Morgan fingerprint density at radius 3 is 3.00 bits per heavy atom. The van der Waals surface area contributed by atoms with Crippen molar-refractivity contribution in [3.8, 4) is 0 Å². The molecule has 1 unspecified atom stereocenters. The summed E-state index contributed by atoms with van der Waals surface area (Å²) in [6.45, 7) is 2.98. The minimum Gasteiger partial charge on any atom is -0.294 e. The Bertz CT molecular complexity index is 603. The van der Waals surface area contributed by atoms with E-state index in [-0.39, 0.29) is 11.7 Å².